The van der Waals surface area contributed by atoms with E-state index in [1.807, 2.05) is 6.92 Å². The summed E-state index contributed by atoms with van der Waals surface area (Å²) >= 11 is 0. The Morgan fingerprint density at radius 1 is 1.64 bits per heavy atom. The molecular formula is C8H15NO2. The molecular weight excluding hydrogens is 142 g/mol. The Morgan fingerprint density at radius 2 is 2.36 bits per heavy atom. The maximum absolute atomic E-state index is 11.2. The second-order valence-electron chi connectivity index (χ2n) is 2.99. The first-order valence-electron chi connectivity index (χ1n) is 4.13. The molecule has 0 bridgehead atoms. The molecule has 1 heterocycles. The maximum Gasteiger partial charge on any atom is 0.310 e. The fourth-order valence-electron chi connectivity index (χ4n) is 1.37. The molecule has 1 saturated heterocycles. The Morgan fingerprint density at radius 3 is 2.82 bits per heavy atom. The van der Waals surface area contributed by atoms with Gasteiger partial charge in [0, 0.05) is 6.54 Å². The molecule has 3 heteroatoms. The van der Waals surface area contributed by atoms with Crippen molar-refractivity contribution in [1.82, 2.24) is 5.32 Å². The van der Waals surface area contributed by atoms with Gasteiger partial charge in [0.05, 0.1) is 12.5 Å². The molecule has 2 atom stereocenters. The smallest absolute Gasteiger partial charge is 0.310 e. The molecule has 1 fully saturated rings. The monoisotopic (exact) mass is 157 g/mol. The maximum atomic E-state index is 11.2. The number of hydrogen-bond acceptors (Lipinski definition) is 3. The molecule has 3 nitrogen and oxygen atoms in total. The molecule has 0 aromatic rings. The van der Waals surface area contributed by atoms with Gasteiger partial charge in [-0.05, 0) is 19.4 Å². The van der Waals surface area contributed by atoms with Crippen LogP contribution in [0.5, 0.6) is 0 Å². The summed E-state index contributed by atoms with van der Waals surface area (Å²) in [5.41, 5.74) is 0. The summed E-state index contributed by atoms with van der Waals surface area (Å²) in [7, 11) is 0. The molecule has 0 aromatic heterocycles. The fraction of sp³-hybridized carbons (Fsp3) is 0.875. The molecule has 0 aliphatic carbocycles. The standard InChI is InChI=1S/C8H15NO2/c1-3-11-8(10)7-5-9-4-6(7)2/h6-7,9H,3-5H2,1-2H3/t6-,7-/m0/s1. The highest BCUT2D eigenvalue weighted by molar-refractivity contribution is 5.73. The van der Waals surface area contributed by atoms with Gasteiger partial charge in [-0.15, -0.1) is 0 Å². The van der Waals surface area contributed by atoms with Crippen LogP contribution in [0.4, 0.5) is 0 Å². The first-order chi connectivity index (χ1) is 5.25. The lowest BCUT2D eigenvalue weighted by molar-refractivity contribution is -0.148. The van der Waals surface area contributed by atoms with Crippen molar-refractivity contribution in [2.75, 3.05) is 19.7 Å². The van der Waals surface area contributed by atoms with Crippen molar-refractivity contribution in [1.29, 1.82) is 0 Å². The zero-order chi connectivity index (χ0) is 8.27. The summed E-state index contributed by atoms with van der Waals surface area (Å²) in [5, 5.41) is 3.16. The van der Waals surface area contributed by atoms with E-state index >= 15 is 0 Å². The zero-order valence-corrected chi connectivity index (χ0v) is 7.09. The van der Waals surface area contributed by atoms with Crippen molar-refractivity contribution >= 4 is 5.97 Å². The summed E-state index contributed by atoms with van der Waals surface area (Å²) in [6.45, 7) is 6.11. The van der Waals surface area contributed by atoms with Gasteiger partial charge >= 0.3 is 5.97 Å². The molecule has 1 N–H and O–H groups in total. The highest BCUT2D eigenvalue weighted by Gasteiger charge is 2.30. The van der Waals surface area contributed by atoms with Gasteiger partial charge < -0.3 is 10.1 Å². The summed E-state index contributed by atoms with van der Waals surface area (Å²) in [6, 6.07) is 0. The number of rotatable bonds is 2. The Labute approximate surface area is 67.1 Å². The van der Waals surface area contributed by atoms with Crippen molar-refractivity contribution in [3.8, 4) is 0 Å². The molecule has 0 unspecified atom stereocenters. The SMILES string of the molecule is CCOC(=O)[C@H]1CNC[C@@H]1C. The van der Waals surface area contributed by atoms with Gasteiger partial charge in [0.1, 0.15) is 0 Å². The third kappa shape index (κ3) is 1.93. The van der Waals surface area contributed by atoms with Crippen molar-refractivity contribution < 1.29 is 9.53 Å². The average Bonchev–Trinajstić information content (AvgIpc) is 2.36. The third-order valence-corrected chi connectivity index (χ3v) is 2.11. The molecule has 11 heavy (non-hydrogen) atoms. The molecule has 0 radical (unpaired) electrons. The minimum absolute atomic E-state index is 0.0509. The average molecular weight is 157 g/mol. The number of carbonyl (C=O) groups excluding carboxylic acids is 1. The highest BCUT2D eigenvalue weighted by atomic mass is 16.5. The summed E-state index contributed by atoms with van der Waals surface area (Å²) in [6.07, 6.45) is 0. The number of hydrogen-bond donors (Lipinski definition) is 1. The van der Waals surface area contributed by atoms with Gasteiger partial charge in [0.25, 0.3) is 0 Å². The van der Waals surface area contributed by atoms with Crippen molar-refractivity contribution in [3.05, 3.63) is 0 Å². The summed E-state index contributed by atoms with van der Waals surface area (Å²) in [4.78, 5) is 11.2. The van der Waals surface area contributed by atoms with Gasteiger partial charge in [-0.1, -0.05) is 6.92 Å². The largest absolute Gasteiger partial charge is 0.466 e. The molecule has 0 aromatic carbocycles. The van der Waals surface area contributed by atoms with Crippen LogP contribution in [0.3, 0.4) is 0 Å². The van der Waals surface area contributed by atoms with Crippen LogP contribution >= 0.6 is 0 Å². The van der Waals surface area contributed by atoms with E-state index in [1.54, 1.807) is 0 Å². The fourth-order valence-corrected chi connectivity index (χ4v) is 1.37. The molecule has 0 amide bonds. The normalized spacial score (nSPS) is 30.4. The van der Waals surface area contributed by atoms with Gasteiger partial charge in [-0.25, -0.2) is 0 Å². The van der Waals surface area contributed by atoms with Crippen LogP contribution < -0.4 is 5.32 Å². The Bertz CT molecular complexity index is 147. The summed E-state index contributed by atoms with van der Waals surface area (Å²) < 4.78 is 4.92. The van der Waals surface area contributed by atoms with Crippen LogP contribution in [-0.4, -0.2) is 25.7 Å². The van der Waals surface area contributed by atoms with Gasteiger partial charge in [0.2, 0.25) is 0 Å². The molecule has 1 rings (SSSR count). The van der Waals surface area contributed by atoms with Crippen LogP contribution in [0.1, 0.15) is 13.8 Å². The van der Waals surface area contributed by atoms with Crippen LogP contribution in [0.25, 0.3) is 0 Å². The number of esters is 1. The zero-order valence-electron chi connectivity index (χ0n) is 7.09. The first-order valence-corrected chi connectivity index (χ1v) is 4.13. The third-order valence-electron chi connectivity index (χ3n) is 2.11. The minimum atomic E-state index is -0.0509. The van der Waals surface area contributed by atoms with Crippen LogP contribution in [0.15, 0.2) is 0 Å². The lowest BCUT2D eigenvalue weighted by Gasteiger charge is -2.11. The van der Waals surface area contributed by atoms with E-state index in [-0.39, 0.29) is 11.9 Å². The number of ether oxygens (including phenoxy) is 1. The van der Waals surface area contributed by atoms with Crippen molar-refractivity contribution in [2.24, 2.45) is 11.8 Å². The van der Waals surface area contributed by atoms with E-state index in [9.17, 15) is 4.79 Å². The molecule has 1 aliphatic heterocycles. The molecule has 0 spiro atoms. The van der Waals surface area contributed by atoms with E-state index in [2.05, 4.69) is 12.2 Å². The van der Waals surface area contributed by atoms with E-state index in [1.165, 1.54) is 0 Å². The first kappa shape index (κ1) is 8.53. The van der Waals surface area contributed by atoms with E-state index in [0.717, 1.165) is 13.1 Å². The molecule has 1 aliphatic rings. The topological polar surface area (TPSA) is 38.3 Å². The predicted molar refractivity (Wildman–Crippen MR) is 42.2 cm³/mol. The Kier molecular flexibility index (Phi) is 2.88. The van der Waals surface area contributed by atoms with Gasteiger partial charge in [-0.2, -0.15) is 0 Å². The number of carbonyl (C=O) groups is 1. The van der Waals surface area contributed by atoms with Gasteiger partial charge in [0.15, 0.2) is 0 Å². The number of nitrogens with one attached hydrogen (secondary N) is 1. The van der Waals surface area contributed by atoms with Crippen molar-refractivity contribution in [3.63, 3.8) is 0 Å². The van der Waals surface area contributed by atoms with E-state index in [4.69, 9.17) is 4.74 Å². The van der Waals surface area contributed by atoms with Crippen molar-refractivity contribution in [2.45, 2.75) is 13.8 Å². The summed E-state index contributed by atoms with van der Waals surface area (Å²) in [5.74, 6) is 0.453. The predicted octanol–water partition coefficient (Wildman–Crippen LogP) is 0.405. The van der Waals surface area contributed by atoms with Gasteiger partial charge in [-0.3, -0.25) is 4.79 Å². The lowest BCUT2D eigenvalue weighted by Crippen LogP contribution is -2.23. The minimum Gasteiger partial charge on any atom is -0.466 e. The Hall–Kier alpha value is -0.570. The van der Waals surface area contributed by atoms with E-state index < -0.39 is 0 Å². The van der Waals surface area contributed by atoms with E-state index in [0.29, 0.717) is 12.5 Å². The van der Waals surface area contributed by atoms with Crippen LogP contribution in [0.2, 0.25) is 0 Å². The lowest BCUT2D eigenvalue weighted by atomic mass is 9.99. The van der Waals surface area contributed by atoms with Crippen LogP contribution in [-0.2, 0) is 9.53 Å². The molecule has 0 saturated carbocycles. The second-order valence-corrected chi connectivity index (χ2v) is 2.99. The second kappa shape index (κ2) is 3.72. The molecule has 64 valence electrons. The quantitative estimate of drug-likeness (QED) is 0.590. The van der Waals surface area contributed by atoms with Crippen LogP contribution in [0, 0.1) is 11.8 Å². The Balaban J connectivity index is 2.39. The highest BCUT2D eigenvalue weighted by Crippen LogP contribution is 2.16.